The molecule has 2 aliphatic carbocycles. The van der Waals surface area contributed by atoms with Gasteiger partial charge in [-0.2, -0.15) is 0 Å². The van der Waals surface area contributed by atoms with Crippen molar-refractivity contribution in [3.8, 4) is 0 Å². The fraction of sp³-hybridized carbons (Fsp3) is 0.778. The van der Waals surface area contributed by atoms with E-state index in [4.69, 9.17) is 4.42 Å². The summed E-state index contributed by atoms with van der Waals surface area (Å²) in [4.78, 5) is 0. The Hall–Kier alpha value is -0.760. The summed E-state index contributed by atoms with van der Waals surface area (Å²) in [6.07, 6.45) is 12.5. The van der Waals surface area contributed by atoms with Crippen LogP contribution in [0.4, 0.5) is 0 Å². The molecule has 2 nitrogen and oxygen atoms in total. The van der Waals surface area contributed by atoms with Crippen LogP contribution in [0.5, 0.6) is 0 Å². The zero-order valence-corrected chi connectivity index (χ0v) is 13.0. The summed E-state index contributed by atoms with van der Waals surface area (Å²) in [5.74, 6) is 3.01. The highest BCUT2D eigenvalue weighted by molar-refractivity contribution is 5.24. The third kappa shape index (κ3) is 3.28. The van der Waals surface area contributed by atoms with Crippen LogP contribution in [0.15, 0.2) is 16.7 Å². The maximum atomic E-state index is 5.61. The third-order valence-electron chi connectivity index (χ3n) is 5.08. The van der Waals surface area contributed by atoms with Gasteiger partial charge < -0.3 is 9.73 Å². The first-order valence-electron chi connectivity index (χ1n) is 8.54. The molecular weight excluding hydrogens is 246 g/mol. The zero-order chi connectivity index (χ0) is 13.9. The molecule has 2 heteroatoms. The van der Waals surface area contributed by atoms with Crippen molar-refractivity contribution < 1.29 is 4.42 Å². The first-order chi connectivity index (χ1) is 9.72. The smallest absolute Gasteiger partial charge is 0.108 e. The Kier molecular flexibility index (Phi) is 4.50. The molecule has 0 amide bonds. The van der Waals surface area contributed by atoms with Crippen LogP contribution in [0.25, 0.3) is 0 Å². The van der Waals surface area contributed by atoms with E-state index in [1.54, 1.807) is 0 Å². The Balaban J connectivity index is 1.58. The van der Waals surface area contributed by atoms with E-state index in [9.17, 15) is 0 Å². The summed E-state index contributed by atoms with van der Waals surface area (Å²) in [7, 11) is 0. The summed E-state index contributed by atoms with van der Waals surface area (Å²) < 4.78 is 5.61. The van der Waals surface area contributed by atoms with E-state index in [1.165, 1.54) is 56.3 Å². The van der Waals surface area contributed by atoms with E-state index >= 15 is 0 Å². The summed E-state index contributed by atoms with van der Waals surface area (Å²) >= 11 is 0. The van der Waals surface area contributed by atoms with E-state index in [2.05, 4.69) is 25.2 Å². The molecule has 1 N–H and O–H groups in total. The molecule has 0 aromatic carbocycles. The van der Waals surface area contributed by atoms with Gasteiger partial charge in [0.2, 0.25) is 0 Å². The van der Waals surface area contributed by atoms with Gasteiger partial charge in [0.25, 0.3) is 0 Å². The van der Waals surface area contributed by atoms with Crippen molar-refractivity contribution in [1.82, 2.24) is 5.32 Å². The van der Waals surface area contributed by atoms with Crippen molar-refractivity contribution in [2.45, 2.75) is 77.3 Å². The Bertz CT molecular complexity index is 423. The molecule has 0 bridgehead atoms. The van der Waals surface area contributed by atoms with E-state index in [0.717, 1.165) is 24.3 Å². The molecule has 0 aliphatic heterocycles. The second-order valence-corrected chi connectivity index (χ2v) is 7.27. The zero-order valence-electron chi connectivity index (χ0n) is 13.0. The van der Waals surface area contributed by atoms with Gasteiger partial charge in [-0.3, -0.25) is 0 Å². The van der Waals surface area contributed by atoms with Crippen molar-refractivity contribution in [2.24, 2.45) is 11.8 Å². The molecule has 112 valence electrons. The quantitative estimate of drug-likeness (QED) is 0.849. The number of nitrogens with one attached hydrogen (secondary N) is 1. The minimum Gasteiger partial charge on any atom is -0.469 e. The van der Waals surface area contributed by atoms with E-state index < -0.39 is 0 Å². The van der Waals surface area contributed by atoms with Gasteiger partial charge in [-0.15, -0.1) is 0 Å². The summed E-state index contributed by atoms with van der Waals surface area (Å²) in [6, 6.07) is 3.44. The van der Waals surface area contributed by atoms with Crippen LogP contribution < -0.4 is 5.32 Å². The first-order valence-corrected chi connectivity index (χ1v) is 8.54. The van der Waals surface area contributed by atoms with Crippen LogP contribution in [0.1, 0.15) is 76.2 Å². The molecule has 1 saturated carbocycles. The molecule has 20 heavy (non-hydrogen) atoms. The largest absolute Gasteiger partial charge is 0.469 e. The Morgan fingerprint density at radius 2 is 2.15 bits per heavy atom. The SMILES string of the molecule is CC(C)CC1CCCC(NC2CCCc3occc32)C1. The maximum absolute atomic E-state index is 5.61. The van der Waals surface area contributed by atoms with Crippen molar-refractivity contribution in [1.29, 1.82) is 0 Å². The van der Waals surface area contributed by atoms with Gasteiger partial charge >= 0.3 is 0 Å². The van der Waals surface area contributed by atoms with E-state index in [1.807, 2.05) is 6.26 Å². The summed E-state index contributed by atoms with van der Waals surface area (Å²) in [5.41, 5.74) is 1.43. The number of hydrogen-bond donors (Lipinski definition) is 1. The van der Waals surface area contributed by atoms with Crippen LogP contribution >= 0.6 is 0 Å². The highest BCUT2D eigenvalue weighted by atomic mass is 16.3. The predicted molar refractivity (Wildman–Crippen MR) is 82.7 cm³/mol. The summed E-state index contributed by atoms with van der Waals surface area (Å²) in [5, 5.41) is 3.94. The normalized spacial score (nSPS) is 30.4. The van der Waals surface area contributed by atoms with Gasteiger partial charge in [-0.1, -0.05) is 26.7 Å². The molecule has 0 radical (unpaired) electrons. The van der Waals surface area contributed by atoms with Crippen LogP contribution in [-0.4, -0.2) is 6.04 Å². The summed E-state index contributed by atoms with van der Waals surface area (Å²) in [6.45, 7) is 4.71. The average molecular weight is 275 g/mol. The first kappa shape index (κ1) is 14.2. The standard InChI is InChI=1S/C18H29NO/c1-13(2)11-14-5-3-6-15(12-14)19-17-7-4-8-18-16(17)9-10-20-18/h9-10,13-15,17,19H,3-8,11-12H2,1-2H3. The Morgan fingerprint density at radius 3 is 3.00 bits per heavy atom. The lowest BCUT2D eigenvalue weighted by Gasteiger charge is -2.34. The topological polar surface area (TPSA) is 25.2 Å². The molecular formula is C18H29NO. The molecule has 3 rings (SSSR count). The second kappa shape index (κ2) is 6.34. The molecule has 0 saturated heterocycles. The molecule has 3 unspecified atom stereocenters. The van der Waals surface area contributed by atoms with E-state index in [0.29, 0.717) is 6.04 Å². The molecule has 1 heterocycles. The van der Waals surface area contributed by atoms with Gasteiger partial charge in [-0.05, 0) is 50.0 Å². The number of fused-ring (bicyclic) bond motifs is 1. The van der Waals surface area contributed by atoms with Crippen LogP contribution in [0.2, 0.25) is 0 Å². The van der Waals surface area contributed by atoms with Crippen molar-refractivity contribution >= 4 is 0 Å². The number of furan rings is 1. The lowest BCUT2D eigenvalue weighted by molar-refractivity contribution is 0.233. The molecule has 2 aliphatic rings. The van der Waals surface area contributed by atoms with Crippen molar-refractivity contribution in [3.05, 3.63) is 23.7 Å². The third-order valence-corrected chi connectivity index (χ3v) is 5.08. The molecule has 1 aromatic rings. The molecule has 1 fully saturated rings. The Labute approximate surface area is 123 Å². The van der Waals surface area contributed by atoms with Gasteiger partial charge in [-0.25, -0.2) is 0 Å². The fourth-order valence-electron chi connectivity index (χ4n) is 4.27. The van der Waals surface area contributed by atoms with Crippen molar-refractivity contribution in [2.75, 3.05) is 0 Å². The number of rotatable bonds is 4. The highest BCUT2D eigenvalue weighted by Gasteiger charge is 2.28. The van der Waals surface area contributed by atoms with Gasteiger partial charge in [0.15, 0.2) is 0 Å². The molecule has 1 aromatic heterocycles. The fourth-order valence-corrected chi connectivity index (χ4v) is 4.27. The van der Waals surface area contributed by atoms with Crippen LogP contribution in [0.3, 0.4) is 0 Å². The van der Waals surface area contributed by atoms with Gasteiger partial charge in [0.1, 0.15) is 5.76 Å². The maximum Gasteiger partial charge on any atom is 0.108 e. The lowest BCUT2D eigenvalue weighted by Crippen LogP contribution is -2.38. The van der Waals surface area contributed by atoms with Crippen LogP contribution in [0, 0.1) is 11.8 Å². The van der Waals surface area contributed by atoms with Gasteiger partial charge in [0.05, 0.1) is 6.26 Å². The molecule has 0 spiro atoms. The van der Waals surface area contributed by atoms with E-state index in [-0.39, 0.29) is 0 Å². The predicted octanol–water partition coefficient (Wildman–Crippen LogP) is 4.85. The molecule has 3 atom stereocenters. The highest BCUT2D eigenvalue weighted by Crippen LogP contribution is 2.34. The minimum absolute atomic E-state index is 0.542. The second-order valence-electron chi connectivity index (χ2n) is 7.27. The number of hydrogen-bond acceptors (Lipinski definition) is 2. The number of aryl methyl sites for hydroxylation is 1. The Morgan fingerprint density at radius 1 is 1.25 bits per heavy atom. The lowest BCUT2D eigenvalue weighted by atomic mass is 9.80. The minimum atomic E-state index is 0.542. The van der Waals surface area contributed by atoms with Crippen LogP contribution in [-0.2, 0) is 6.42 Å². The average Bonchev–Trinajstić information content (AvgIpc) is 2.88. The monoisotopic (exact) mass is 275 g/mol. The van der Waals surface area contributed by atoms with Gasteiger partial charge in [0, 0.05) is 24.1 Å². The van der Waals surface area contributed by atoms with Crippen molar-refractivity contribution in [3.63, 3.8) is 0 Å².